The van der Waals surface area contributed by atoms with Crippen molar-refractivity contribution in [1.82, 2.24) is 9.78 Å². The number of aryl methyl sites for hydroxylation is 2. The van der Waals surface area contributed by atoms with E-state index in [9.17, 15) is 8.42 Å². The van der Waals surface area contributed by atoms with Crippen LogP contribution < -0.4 is 10.5 Å². The SMILES string of the molecule is CCc1nn(C)cc1NS(=O)(=O)c1ccc(CN)o1. The largest absolute Gasteiger partial charge is 0.446 e. The second-order valence-electron chi connectivity index (χ2n) is 4.05. The van der Waals surface area contributed by atoms with E-state index in [1.165, 1.54) is 6.07 Å². The maximum absolute atomic E-state index is 12.1. The highest BCUT2D eigenvalue weighted by Gasteiger charge is 2.21. The molecule has 2 rings (SSSR count). The van der Waals surface area contributed by atoms with Crippen LogP contribution in [-0.2, 0) is 30.0 Å². The Hall–Kier alpha value is -1.80. The van der Waals surface area contributed by atoms with Crippen molar-refractivity contribution in [2.45, 2.75) is 25.0 Å². The fourth-order valence-corrected chi connectivity index (χ4v) is 2.71. The van der Waals surface area contributed by atoms with Gasteiger partial charge in [-0.05, 0) is 18.6 Å². The minimum atomic E-state index is -3.75. The van der Waals surface area contributed by atoms with Crippen molar-refractivity contribution in [2.75, 3.05) is 4.72 Å². The molecule has 2 aromatic heterocycles. The standard InChI is InChI=1S/C11H16N4O3S/c1-3-9-10(7-15(2)13-9)14-19(16,17)11-5-4-8(6-12)18-11/h4-5,7,14H,3,6,12H2,1-2H3. The van der Waals surface area contributed by atoms with Crippen LogP contribution in [-0.4, -0.2) is 18.2 Å². The molecular weight excluding hydrogens is 268 g/mol. The molecule has 0 radical (unpaired) electrons. The van der Waals surface area contributed by atoms with Crippen molar-refractivity contribution in [3.63, 3.8) is 0 Å². The molecule has 0 atom stereocenters. The highest BCUT2D eigenvalue weighted by atomic mass is 32.2. The van der Waals surface area contributed by atoms with Crippen LogP contribution >= 0.6 is 0 Å². The van der Waals surface area contributed by atoms with Crippen LogP contribution in [0.15, 0.2) is 27.8 Å². The van der Waals surface area contributed by atoms with E-state index in [4.69, 9.17) is 10.2 Å². The summed E-state index contributed by atoms with van der Waals surface area (Å²) in [5, 5.41) is 4.01. The van der Waals surface area contributed by atoms with E-state index in [1.807, 2.05) is 6.92 Å². The number of rotatable bonds is 5. The van der Waals surface area contributed by atoms with Gasteiger partial charge in [0.15, 0.2) is 0 Å². The van der Waals surface area contributed by atoms with E-state index in [1.54, 1.807) is 24.0 Å². The summed E-state index contributed by atoms with van der Waals surface area (Å²) in [6.07, 6.45) is 2.24. The maximum Gasteiger partial charge on any atom is 0.295 e. The summed E-state index contributed by atoms with van der Waals surface area (Å²) in [6.45, 7) is 2.06. The van der Waals surface area contributed by atoms with Crippen LogP contribution in [0.4, 0.5) is 5.69 Å². The van der Waals surface area contributed by atoms with Crippen molar-refractivity contribution in [1.29, 1.82) is 0 Å². The number of sulfonamides is 1. The van der Waals surface area contributed by atoms with Crippen LogP contribution in [0.2, 0.25) is 0 Å². The Morgan fingerprint density at radius 1 is 1.47 bits per heavy atom. The summed E-state index contributed by atoms with van der Waals surface area (Å²) in [5.41, 5.74) is 6.52. The fourth-order valence-electron chi connectivity index (χ4n) is 1.69. The minimum Gasteiger partial charge on any atom is -0.446 e. The molecule has 8 heteroatoms. The zero-order valence-corrected chi connectivity index (χ0v) is 11.6. The van der Waals surface area contributed by atoms with Gasteiger partial charge < -0.3 is 10.2 Å². The normalized spacial score (nSPS) is 11.7. The molecule has 2 aromatic rings. The van der Waals surface area contributed by atoms with Crippen LogP contribution in [0.25, 0.3) is 0 Å². The Bertz CT molecular complexity index is 672. The number of furan rings is 1. The highest BCUT2D eigenvalue weighted by Crippen LogP contribution is 2.20. The van der Waals surface area contributed by atoms with Gasteiger partial charge in [-0.25, -0.2) is 0 Å². The average Bonchev–Trinajstić information content (AvgIpc) is 2.95. The Morgan fingerprint density at radius 2 is 2.21 bits per heavy atom. The van der Waals surface area contributed by atoms with E-state index in [-0.39, 0.29) is 11.6 Å². The number of hydrogen-bond acceptors (Lipinski definition) is 5. The number of nitrogens with one attached hydrogen (secondary N) is 1. The molecule has 0 bridgehead atoms. The molecule has 0 aliphatic heterocycles. The molecule has 3 N–H and O–H groups in total. The number of nitrogens with zero attached hydrogens (tertiary/aromatic N) is 2. The second kappa shape index (κ2) is 5.06. The minimum absolute atomic E-state index is 0.154. The van der Waals surface area contributed by atoms with Gasteiger partial charge in [-0.15, -0.1) is 0 Å². The van der Waals surface area contributed by atoms with Gasteiger partial charge in [-0.2, -0.15) is 13.5 Å². The van der Waals surface area contributed by atoms with Gasteiger partial charge in [0.05, 0.1) is 17.9 Å². The van der Waals surface area contributed by atoms with Crippen LogP contribution in [0, 0.1) is 0 Å². The molecule has 0 saturated carbocycles. The molecule has 0 amide bonds. The van der Waals surface area contributed by atoms with Crippen LogP contribution in [0.5, 0.6) is 0 Å². The van der Waals surface area contributed by atoms with Gasteiger partial charge >= 0.3 is 0 Å². The zero-order valence-electron chi connectivity index (χ0n) is 10.8. The monoisotopic (exact) mass is 284 g/mol. The number of anilines is 1. The van der Waals surface area contributed by atoms with Crippen molar-refractivity contribution < 1.29 is 12.8 Å². The van der Waals surface area contributed by atoms with Gasteiger partial charge in [-0.3, -0.25) is 9.40 Å². The van der Waals surface area contributed by atoms with Crippen LogP contribution in [0.3, 0.4) is 0 Å². The van der Waals surface area contributed by atoms with Gasteiger partial charge in [0, 0.05) is 13.2 Å². The Labute approximate surface area is 111 Å². The first-order chi connectivity index (χ1) is 8.96. The predicted molar refractivity (Wildman–Crippen MR) is 70.0 cm³/mol. The van der Waals surface area contributed by atoms with E-state index in [0.717, 1.165) is 0 Å². The lowest BCUT2D eigenvalue weighted by molar-refractivity contribution is 0.417. The van der Waals surface area contributed by atoms with Crippen molar-refractivity contribution >= 4 is 15.7 Å². The van der Waals surface area contributed by atoms with E-state index in [0.29, 0.717) is 23.6 Å². The molecule has 19 heavy (non-hydrogen) atoms. The van der Waals surface area contributed by atoms with E-state index in [2.05, 4.69) is 9.82 Å². The molecule has 0 saturated heterocycles. The first-order valence-electron chi connectivity index (χ1n) is 5.80. The van der Waals surface area contributed by atoms with E-state index < -0.39 is 10.0 Å². The summed E-state index contributed by atoms with van der Waals surface area (Å²) in [7, 11) is -2.01. The Morgan fingerprint density at radius 3 is 2.79 bits per heavy atom. The summed E-state index contributed by atoms with van der Waals surface area (Å²) in [6, 6.07) is 2.92. The van der Waals surface area contributed by atoms with E-state index >= 15 is 0 Å². The highest BCUT2D eigenvalue weighted by molar-refractivity contribution is 7.92. The molecule has 7 nitrogen and oxygen atoms in total. The third kappa shape index (κ3) is 2.79. The fraction of sp³-hybridized carbons (Fsp3) is 0.364. The van der Waals surface area contributed by atoms with Crippen molar-refractivity contribution in [3.05, 3.63) is 29.8 Å². The zero-order chi connectivity index (χ0) is 14.0. The second-order valence-corrected chi connectivity index (χ2v) is 5.66. The average molecular weight is 284 g/mol. The predicted octanol–water partition coefficient (Wildman–Crippen LogP) is 0.835. The lowest BCUT2D eigenvalue weighted by Crippen LogP contribution is -2.12. The number of nitrogens with two attached hydrogens (primary N) is 1. The summed E-state index contributed by atoms with van der Waals surface area (Å²) < 4.78 is 33.4. The Balaban J connectivity index is 2.30. The third-order valence-electron chi connectivity index (χ3n) is 2.59. The first-order valence-corrected chi connectivity index (χ1v) is 7.28. The molecule has 0 fully saturated rings. The summed E-state index contributed by atoms with van der Waals surface area (Å²) in [5.74, 6) is 0.419. The number of hydrogen-bond donors (Lipinski definition) is 2. The van der Waals surface area contributed by atoms with Crippen molar-refractivity contribution in [3.8, 4) is 0 Å². The van der Waals surface area contributed by atoms with Crippen LogP contribution in [0.1, 0.15) is 18.4 Å². The lowest BCUT2D eigenvalue weighted by atomic mass is 10.3. The Kier molecular flexibility index (Phi) is 3.63. The number of aromatic nitrogens is 2. The lowest BCUT2D eigenvalue weighted by Gasteiger charge is -2.04. The summed E-state index contributed by atoms with van der Waals surface area (Å²) >= 11 is 0. The summed E-state index contributed by atoms with van der Waals surface area (Å²) in [4.78, 5) is 0. The van der Waals surface area contributed by atoms with Gasteiger partial charge in [0.2, 0.25) is 5.09 Å². The maximum atomic E-state index is 12.1. The van der Waals surface area contributed by atoms with Gasteiger partial charge in [0.25, 0.3) is 10.0 Å². The topological polar surface area (TPSA) is 103 Å². The smallest absolute Gasteiger partial charge is 0.295 e. The molecule has 2 heterocycles. The molecule has 104 valence electrons. The molecule has 0 spiro atoms. The molecule has 0 aliphatic carbocycles. The first kappa shape index (κ1) is 13.6. The van der Waals surface area contributed by atoms with Crippen molar-refractivity contribution in [2.24, 2.45) is 12.8 Å². The quantitative estimate of drug-likeness (QED) is 0.846. The molecule has 0 aromatic carbocycles. The molecular formula is C11H16N4O3S. The van der Waals surface area contributed by atoms with Gasteiger partial charge in [-0.1, -0.05) is 6.92 Å². The molecule has 0 aliphatic rings. The third-order valence-corrected chi connectivity index (χ3v) is 3.83. The van der Waals surface area contributed by atoms with Gasteiger partial charge in [0.1, 0.15) is 5.76 Å². The molecule has 0 unspecified atom stereocenters.